The average Bonchev–Trinajstić information content (AvgIpc) is 2.59. The predicted octanol–water partition coefficient (Wildman–Crippen LogP) is 2.84. The quantitative estimate of drug-likeness (QED) is 0.599. The number of carbonyl (C=O) groups is 3. The third-order valence-corrected chi connectivity index (χ3v) is 3.80. The Morgan fingerprint density at radius 1 is 1.08 bits per heavy atom. The number of imide groups is 1. The van der Waals surface area contributed by atoms with Gasteiger partial charge in [-0.2, -0.15) is 0 Å². The van der Waals surface area contributed by atoms with Crippen molar-refractivity contribution in [1.82, 2.24) is 10.6 Å². The Hall–Kier alpha value is -2.77. The second-order valence-electron chi connectivity index (χ2n) is 5.90. The van der Waals surface area contributed by atoms with Crippen molar-refractivity contribution in [3.05, 3.63) is 47.0 Å². The predicted molar refractivity (Wildman–Crippen MR) is 89.3 cm³/mol. The van der Waals surface area contributed by atoms with Gasteiger partial charge in [0.15, 0.2) is 6.61 Å². The standard InChI is InChI=1S/C18H20F2N2O4/c19-14-8-13(9-15(20)10-14)17(24)26-11-16(23)22-18(25)21-7-6-12-4-2-1-3-5-12/h4,8-10H,1-3,5-7,11H2,(H2,21,22,23,25). The van der Waals surface area contributed by atoms with Crippen molar-refractivity contribution in [3.63, 3.8) is 0 Å². The van der Waals surface area contributed by atoms with Crippen molar-refractivity contribution < 1.29 is 27.9 Å². The van der Waals surface area contributed by atoms with Crippen LogP contribution in [0.2, 0.25) is 0 Å². The minimum absolute atomic E-state index is 0.361. The van der Waals surface area contributed by atoms with E-state index in [0.29, 0.717) is 12.6 Å². The van der Waals surface area contributed by atoms with Gasteiger partial charge in [-0.1, -0.05) is 11.6 Å². The molecule has 0 spiro atoms. The van der Waals surface area contributed by atoms with Crippen molar-refractivity contribution in [2.24, 2.45) is 0 Å². The Morgan fingerprint density at radius 2 is 1.81 bits per heavy atom. The van der Waals surface area contributed by atoms with Crippen LogP contribution in [0.25, 0.3) is 0 Å². The molecule has 6 nitrogen and oxygen atoms in total. The van der Waals surface area contributed by atoms with Gasteiger partial charge in [0.1, 0.15) is 11.6 Å². The van der Waals surface area contributed by atoms with E-state index in [9.17, 15) is 23.2 Å². The Bertz CT molecular complexity index is 699. The highest BCUT2D eigenvalue weighted by Crippen LogP contribution is 2.19. The Labute approximate surface area is 149 Å². The number of amides is 3. The summed E-state index contributed by atoms with van der Waals surface area (Å²) in [4.78, 5) is 34.8. The third kappa shape index (κ3) is 6.62. The van der Waals surface area contributed by atoms with E-state index in [1.54, 1.807) is 0 Å². The lowest BCUT2D eigenvalue weighted by atomic mass is 9.97. The zero-order valence-electron chi connectivity index (χ0n) is 14.1. The molecule has 0 bridgehead atoms. The molecule has 0 heterocycles. The summed E-state index contributed by atoms with van der Waals surface area (Å²) in [5, 5.41) is 4.56. The highest BCUT2D eigenvalue weighted by atomic mass is 19.1. The summed E-state index contributed by atoms with van der Waals surface area (Å²) in [6.45, 7) is -0.344. The van der Waals surface area contributed by atoms with Crippen LogP contribution in [-0.2, 0) is 9.53 Å². The molecule has 8 heteroatoms. The normalized spacial score (nSPS) is 13.5. The molecule has 0 unspecified atom stereocenters. The van der Waals surface area contributed by atoms with Crippen LogP contribution in [0.15, 0.2) is 29.8 Å². The largest absolute Gasteiger partial charge is 0.452 e. The topological polar surface area (TPSA) is 84.5 Å². The summed E-state index contributed by atoms with van der Waals surface area (Å²) in [7, 11) is 0. The number of hydrogen-bond donors (Lipinski definition) is 2. The van der Waals surface area contributed by atoms with Gasteiger partial charge in [0.25, 0.3) is 5.91 Å². The molecule has 0 radical (unpaired) electrons. The molecule has 0 saturated heterocycles. The number of allylic oxidation sites excluding steroid dienone is 1. The van der Waals surface area contributed by atoms with Gasteiger partial charge in [0, 0.05) is 12.6 Å². The van der Waals surface area contributed by atoms with Gasteiger partial charge in [-0.3, -0.25) is 10.1 Å². The number of esters is 1. The molecule has 140 valence electrons. The number of carbonyl (C=O) groups excluding carboxylic acids is 3. The molecule has 1 aliphatic carbocycles. The number of nitrogens with one attached hydrogen (secondary N) is 2. The van der Waals surface area contributed by atoms with Crippen LogP contribution in [0.4, 0.5) is 13.6 Å². The Balaban J connectivity index is 1.68. The second-order valence-corrected chi connectivity index (χ2v) is 5.90. The van der Waals surface area contributed by atoms with E-state index in [4.69, 9.17) is 0 Å². The Morgan fingerprint density at radius 3 is 2.46 bits per heavy atom. The van der Waals surface area contributed by atoms with E-state index in [1.165, 1.54) is 12.0 Å². The molecular formula is C18H20F2N2O4. The second kappa shape index (κ2) is 9.65. The van der Waals surface area contributed by atoms with Crippen LogP contribution < -0.4 is 10.6 Å². The molecule has 0 atom stereocenters. The molecule has 0 fully saturated rings. The summed E-state index contributed by atoms with van der Waals surface area (Å²) in [5.74, 6) is -3.78. The summed E-state index contributed by atoms with van der Waals surface area (Å²) in [5.41, 5.74) is 0.930. The first-order valence-corrected chi connectivity index (χ1v) is 8.33. The van der Waals surface area contributed by atoms with Gasteiger partial charge in [-0.25, -0.2) is 18.4 Å². The van der Waals surface area contributed by atoms with Crippen LogP contribution in [0.3, 0.4) is 0 Å². The minimum Gasteiger partial charge on any atom is -0.452 e. The third-order valence-electron chi connectivity index (χ3n) is 3.80. The van der Waals surface area contributed by atoms with Gasteiger partial charge in [0.05, 0.1) is 5.56 Å². The van der Waals surface area contributed by atoms with E-state index in [1.807, 2.05) is 5.32 Å². The molecule has 2 N–H and O–H groups in total. The monoisotopic (exact) mass is 366 g/mol. The van der Waals surface area contributed by atoms with Gasteiger partial charge < -0.3 is 10.1 Å². The van der Waals surface area contributed by atoms with Crippen molar-refractivity contribution in [2.45, 2.75) is 32.1 Å². The average molecular weight is 366 g/mol. The molecule has 0 aromatic heterocycles. The first kappa shape index (κ1) is 19.6. The Kier molecular flexibility index (Phi) is 7.25. The highest BCUT2D eigenvalue weighted by Gasteiger charge is 2.14. The molecule has 1 aromatic rings. The van der Waals surface area contributed by atoms with Crippen LogP contribution in [0.1, 0.15) is 42.5 Å². The molecular weight excluding hydrogens is 346 g/mol. The molecule has 0 aliphatic heterocycles. The van der Waals surface area contributed by atoms with Gasteiger partial charge >= 0.3 is 12.0 Å². The smallest absolute Gasteiger partial charge is 0.338 e. The van der Waals surface area contributed by atoms with Gasteiger partial charge in [0.2, 0.25) is 0 Å². The van der Waals surface area contributed by atoms with Gasteiger partial charge in [-0.15, -0.1) is 0 Å². The molecule has 3 amide bonds. The lowest BCUT2D eigenvalue weighted by Gasteiger charge is -2.13. The van der Waals surface area contributed by atoms with E-state index >= 15 is 0 Å². The number of halogens is 2. The zero-order chi connectivity index (χ0) is 18.9. The zero-order valence-corrected chi connectivity index (χ0v) is 14.1. The molecule has 1 aliphatic rings. The summed E-state index contributed by atoms with van der Waals surface area (Å²) >= 11 is 0. The molecule has 0 saturated carbocycles. The number of benzene rings is 1. The maximum Gasteiger partial charge on any atom is 0.338 e. The maximum absolute atomic E-state index is 13.0. The lowest BCUT2D eigenvalue weighted by Crippen LogP contribution is -2.41. The molecule has 2 rings (SSSR count). The molecule has 26 heavy (non-hydrogen) atoms. The van der Waals surface area contributed by atoms with E-state index in [2.05, 4.69) is 16.1 Å². The van der Waals surface area contributed by atoms with Crippen molar-refractivity contribution in [2.75, 3.05) is 13.2 Å². The number of hydrogen-bond acceptors (Lipinski definition) is 4. The lowest BCUT2D eigenvalue weighted by molar-refractivity contribution is -0.123. The van der Waals surface area contributed by atoms with Crippen LogP contribution in [0.5, 0.6) is 0 Å². The fourth-order valence-electron chi connectivity index (χ4n) is 2.56. The van der Waals surface area contributed by atoms with Crippen LogP contribution in [-0.4, -0.2) is 31.1 Å². The fourth-order valence-corrected chi connectivity index (χ4v) is 2.56. The number of urea groups is 1. The van der Waals surface area contributed by atoms with Crippen molar-refractivity contribution in [1.29, 1.82) is 0 Å². The van der Waals surface area contributed by atoms with Crippen LogP contribution in [0, 0.1) is 11.6 Å². The van der Waals surface area contributed by atoms with Gasteiger partial charge in [-0.05, 0) is 44.2 Å². The maximum atomic E-state index is 13.0. The number of ether oxygens (including phenoxy) is 1. The van der Waals surface area contributed by atoms with E-state index in [0.717, 1.165) is 37.8 Å². The number of rotatable bonds is 6. The first-order chi connectivity index (χ1) is 12.4. The summed E-state index contributed by atoms with van der Waals surface area (Å²) in [6.07, 6.45) is 7.31. The van der Waals surface area contributed by atoms with E-state index < -0.39 is 36.1 Å². The highest BCUT2D eigenvalue weighted by molar-refractivity contribution is 5.97. The van der Waals surface area contributed by atoms with E-state index in [-0.39, 0.29) is 5.56 Å². The SMILES string of the molecule is O=C(COC(=O)c1cc(F)cc(F)c1)NC(=O)NCCC1=CCCCC1. The molecule has 1 aromatic carbocycles. The summed E-state index contributed by atoms with van der Waals surface area (Å²) in [6, 6.07) is 1.49. The first-order valence-electron chi connectivity index (χ1n) is 8.33. The van der Waals surface area contributed by atoms with Crippen molar-refractivity contribution >= 4 is 17.9 Å². The summed E-state index contributed by atoms with van der Waals surface area (Å²) < 4.78 is 30.7. The fraction of sp³-hybridized carbons (Fsp3) is 0.389. The van der Waals surface area contributed by atoms with Crippen molar-refractivity contribution in [3.8, 4) is 0 Å². The van der Waals surface area contributed by atoms with Crippen LogP contribution >= 0.6 is 0 Å². The minimum atomic E-state index is -1.07.